The van der Waals surface area contributed by atoms with Crippen LogP contribution >= 0.6 is 0 Å². The van der Waals surface area contributed by atoms with Crippen LogP contribution in [-0.4, -0.2) is 55.0 Å². The van der Waals surface area contributed by atoms with Crippen molar-refractivity contribution in [2.75, 3.05) is 26.2 Å². The first-order valence-corrected chi connectivity index (χ1v) is 9.87. The van der Waals surface area contributed by atoms with Gasteiger partial charge in [-0.2, -0.15) is 0 Å². The van der Waals surface area contributed by atoms with Gasteiger partial charge >= 0.3 is 0 Å². The van der Waals surface area contributed by atoms with Crippen LogP contribution in [0, 0.1) is 5.92 Å². The van der Waals surface area contributed by atoms with Crippen molar-refractivity contribution < 1.29 is 13.2 Å². The van der Waals surface area contributed by atoms with Crippen molar-refractivity contribution in [2.45, 2.75) is 56.6 Å². The van der Waals surface area contributed by atoms with Crippen molar-refractivity contribution in [2.24, 2.45) is 5.92 Å². The van der Waals surface area contributed by atoms with E-state index in [1.54, 1.807) is 4.31 Å². The summed E-state index contributed by atoms with van der Waals surface area (Å²) in [6, 6.07) is 0. The molecule has 2 heterocycles. The van der Waals surface area contributed by atoms with Gasteiger partial charge in [-0.15, -0.1) is 0 Å². The van der Waals surface area contributed by atoms with Crippen LogP contribution in [0.5, 0.6) is 0 Å². The van der Waals surface area contributed by atoms with Crippen LogP contribution < -0.4 is 0 Å². The van der Waals surface area contributed by atoms with Crippen LogP contribution in [0.15, 0.2) is 0 Å². The van der Waals surface area contributed by atoms with Gasteiger partial charge in [0, 0.05) is 32.1 Å². The molecule has 1 atom stereocenters. The Kier molecular flexibility index (Phi) is 4.54. The number of hydrogen-bond donors (Lipinski definition) is 0. The summed E-state index contributed by atoms with van der Waals surface area (Å²) in [6.45, 7) is 2.47. The number of amides is 1. The van der Waals surface area contributed by atoms with Gasteiger partial charge in [0.25, 0.3) is 0 Å². The average Bonchev–Trinajstić information content (AvgIpc) is 3.19. The third-order valence-corrected chi connectivity index (χ3v) is 7.55. The summed E-state index contributed by atoms with van der Waals surface area (Å²) in [4.78, 5) is 14.3. The normalized spacial score (nSPS) is 29.1. The Morgan fingerprint density at radius 2 is 1.52 bits per heavy atom. The van der Waals surface area contributed by atoms with E-state index in [0.29, 0.717) is 26.1 Å². The molecule has 21 heavy (non-hydrogen) atoms. The molecule has 1 aliphatic carbocycles. The molecule has 0 N–H and O–H groups in total. The van der Waals surface area contributed by atoms with Crippen LogP contribution in [-0.2, 0) is 14.8 Å². The molecule has 0 unspecified atom stereocenters. The Hall–Kier alpha value is -0.620. The number of likely N-dealkylation sites (tertiary alicyclic amines) is 1. The summed E-state index contributed by atoms with van der Waals surface area (Å²) in [5, 5.41) is -0.380. The lowest BCUT2D eigenvalue weighted by Gasteiger charge is -2.35. The van der Waals surface area contributed by atoms with E-state index in [1.807, 2.05) is 4.90 Å². The molecule has 3 aliphatic rings. The van der Waals surface area contributed by atoms with Crippen molar-refractivity contribution in [3.63, 3.8) is 0 Å². The molecule has 0 aromatic heterocycles. The van der Waals surface area contributed by atoms with E-state index >= 15 is 0 Å². The van der Waals surface area contributed by atoms with E-state index < -0.39 is 10.0 Å². The van der Waals surface area contributed by atoms with E-state index in [-0.39, 0.29) is 17.1 Å². The Morgan fingerprint density at radius 1 is 0.857 bits per heavy atom. The lowest BCUT2D eigenvalue weighted by molar-refractivity contribution is -0.136. The van der Waals surface area contributed by atoms with Crippen LogP contribution in [0.4, 0.5) is 0 Å². The highest BCUT2D eigenvalue weighted by Gasteiger charge is 2.39. The molecule has 1 amide bonds. The number of piperidine rings is 1. The predicted molar refractivity (Wildman–Crippen MR) is 81.3 cm³/mol. The summed E-state index contributed by atoms with van der Waals surface area (Å²) in [6.07, 6.45) is 7.70. The molecule has 2 saturated heterocycles. The van der Waals surface area contributed by atoms with Crippen molar-refractivity contribution in [1.82, 2.24) is 9.21 Å². The number of carbonyl (C=O) groups is 1. The molecule has 3 fully saturated rings. The molecule has 0 aromatic carbocycles. The molecule has 0 aromatic rings. The maximum absolute atomic E-state index is 12.7. The molecule has 3 rings (SSSR count). The van der Waals surface area contributed by atoms with E-state index in [0.717, 1.165) is 51.5 Å². The highest BCUT2D eigenvalue weighted by Crippen LogP contribution is 2.29. The van der Waals surface area contributed by atoms with Crippen LogP contribution in [0.25, 0.3) is 0 Å². The summed E-state index contributed by atoms with van der Waals surface area (Å²) in [7, 11) is -3.21. The number of sulfonamides is 1. The molecule has 2 aliphatic heterocycles. The van der Waals surface area contributed by atoms with Gasteiger partial charge in [-0.25, -0.2) is 12.7 Å². The Bertz CT molecular complexity index is 479. The third-order valence-electron chi connectivity index (χ3n) is 5.24. The summed E-state index contributed by atoms with van der Waals surface area (Å²) < 4.78 is 27.0. The standard InChI is InChI=1S/C15H26N2O3S/c18-15(13-6-1-2-7-13)16-9-5-8-14(12-16)21(19,20)17-10-3-4-11-17/h13-14H,1-12H2/t14-/m1/s1. The second-order valence-electron chi connectivity index (χ2n) is 6.68. The monoisotopic (exact) mass is 314 g/mol. The molecular formula is C15H26N2O3S. The topological polar surface area (TPSA) is 57.7 Å². The number of rotatable bonds is 3. The first kappa shape index (κ1) is 15.3. The van der Waals surface area contributed by atoms with Gasteiger partial charge in [0.15, 0.2) is 0 Å². The Morgan fingerprint density at radius 3 is 2.19 bits per heavy atom. The average molecular weight is 314 g/mol. The molecule has 1 saturated carbocycles. The molecular weight excluding hydrogens is 288 g/mol. The molecule has 0 spiro atoms. The van der Waals surface area contributed by atoms with E-state index in [1.165, 1.54) is 0 Å². The predicted octanol–water partition coefficient (Wildman–Crippen LogP) is 1.59. The lowest BCUT2D eigenvalue weighted by Crippen LogP contribution is -2.50. The second kappa shape index (κ2) is 6.24. The largest absolute Gasteiger partial charge is 0.341 e. The Labute approximate surface area is 127 Å². The number of carbonyl (C=O) groups excluding carboxylic acids is 1. The Balaban J connectivity index is 1.66. The maximum atomic E-state index is 12.7. The van der Waals surface area contributed by atoms with E-state index in [2.05, 4.69) is 0 Å². The second-order valence-corrected chi connectivity index (χ2v) is 8.89. The molecule has 6 heteroatoms. The third kappa shape index (κ3) is 3.11. The molecule has 0 bridgehead atoms. The smallest absolute Gasteiger partial charge is 0.225 e. The fraction of sp³-hybridized carbons (Fsp3) is 0.933. The minimum atomic E-state index is -3.21. The molecule has 120 valence electrons. The highest BCUT2D eigenvalue weighted by atomic mass is 32.2. The maximum Gasteiger partial charge on any atom is 0.225 e. The zero-order chi connectivity index (χ0) is 14.9. The first-order valence-electron chi connectivity index (χ1n) is 8.37. The van der Waals surface area contributed by atoms with Gasteiger partial charge in [-0.3, -0.25) is 4.79 Å². The van der Waals surface area contributed by atoms with Crippen molar-refractivity contribution in [1.29, 1.82) is 0 Å². The fourth-order valence-corrected chi connectivity index (χ4v) is 5.99. The van der Waals surface area contributed by atoms with Crippen LogP contribution in [0.2, 0.25) is 0 Å². The van der Waals surface area contributed by atoms with E-state index in [9.17, 15) is 13.2 Å². The first-order chi connectivity index (χ1) is 10.1. The van der Waals surface area contributed by atoms with Gasteiger partial charge in [0.2, 0.25) is 15.9 Å². The minimum absolute atomic E-state index is 0.151. The van der Waals surface area contributed by atoms with Crippen LogP contribution in [0.3, 0.4) is 0 Å². The summed E-state index contributed by atoms with van der Waals surface area (Å²) >= 11 is 0. The van der Waals surface area contributed by atoms with Gasteiger partial charge in [-0.05, 0) is 38.5 Å². The number of hydrogen-bond acceptors (Lipinski definition) is 3. The zero-order valence-electron chi connectivity index (χ0n) is 12.7. The minimum Gasteiger partial charge on any atom is -0.341 e. The van der Waals surface area contributed by atoms with Crippen molar-refractivity contribution in [3.05, 3.63) is 0 Å². The van der Waals surface area contributed by atoms with Gasteiger partial charge in [0.1, 0.15) is 0 Å². The fourth-order valence-electron chi connectivity index (χ4n) is 3.97. The summed E-state index contributed by atoms with van der Waals surface area (Å²) in [5.74, 6) is 0.354. The van der Waals surface area contributed by atoms with Gasteiger partial charge in [0.05, 0.1) is 5.25 Å². The van der Waals surface area contributed by atoms with Gasteiger partial charge < -0.3 is 4.90 Å². The lowest BCUT2D eigenvalue weighted by atomic mass is 10.0. The highest BCUT2D eigenvalue weighted by molar-refractivity contribution is 7.89. The van der Waals surface area contributed by atoms with Gasteiger partial charge in [-0.1, -0.05) is 12.8 Å². The quantitative estimate of drug-likeness (QED) is 0.795. The van der Waals surface area contributed by atoms with E-state index in [4.69, 9.17) is 0 Å². The SMILES string of the molecule is O=C(C1CCCC1)N1CCC[C@@H](S(=O)(=O)N2CCCC2)C1. The van der Waals surface area contributed by atoms with Crippen molar-refractivity contribution >= 4 is 15.9 Å². The zero-order valence-corrected chi connectivity index (χ0v) is 13.5. The molecule has 0 radical (unpaired) electrons. The van der Waals surface area contributed by atoms with Crippen molar-refractivity contribution in [3.8, 4) is 0 Å². The summed E-state index contributed by atoms with van der Waals surface area (Å²) in [5.41, 5.74) is 0. The van der Waals surface area contributed by atoms with Crippen LogP contribution in [0.1, 0.15) is 51.4 Å². The number of nitrogens with zero attached hydrogens (tertiary/aromatic N) is 2. The molecule has 5 nitrogen and oxygen atoms in total.